The number of amides is 4. The van der Waals surface area contributed by atoms with E-state index >= 15 is 0 Å². The van der Waals surface area contributed by atoms with Gasteiger partial charge in [0.1, 0.15) is 17.3 Å². The Balaban J connectivity index is 1.45. The first kappa shape index (κ1) is 18.3. The normalized spacial score (nSPS) is 18.4. The quantitative estimate of drug-likeness (QED) is 0.651. The molecule has 2 aromatic carbocycles. The van der Waals surface area contributed by atoms with Gasteiger partial charge in [0, 0.05) is 5.56 Å². The van der Waals surface area contributed by atoms with Crippen LogP contribution in [-0.2, 0) is 10.3 Å². The van der Waals surface area contributed by atoms with Crippen molar-refractivity contribution >= 4 is 17.8 Å². The highest BCUT2D eigenvalue weighted by molar-refractivity contribution is 6.09. The van der Waals surface area contributed by atoms with E-state index in [9.17, 15) is 14.4 Å². The van der Waals surface area contributed by atoms with Crippen LogP contribution in [0.25, 0.3) is 0 Å². The highest BCUT2D eigenvalue weighted by Gasteiger charge is 2.52. The van der Waals surface area contributed by atoms with Crippen LogP contribution in [0.5, 0.6) is 11.5 Å². The number of rotatable bonds is 5. The Morgan fingerprint density at radius 3 is 2.34 bits per heavy atom. The molecule has 1 aliphatic heterocycles. The molecule has 1 atom stereocenters. The summed E-state index contributed by atoms with van der Waals surface area (Å²) in [6, 6.07) is 18.0. The molecule has 1 fully saturated rings. The molecule has 8 nitrogen and oxygen atoms in total. The first-order valence-corrected chi connectivity index (χ1v) is 8.82. The fraction of sp³-hybridized carbons (Fsp3) is 0.0952. The molecule has 2 N–H and O–H groups in total. The molecule has 0 spiro atoms. The standard InChI is InChI=1S/C21H17N3O5/c1-21(17-8-5-13-28-17)19(26)24(20(27)22-21)23-18(25)14-9-11-16(12-10-14)29-15-6-3-2-4-7-15/h2-13H,1H3,(H,22,27)(H,23,25)/t21-/m1/s1. The number of nitrogens with zero attached hydrogens (tertiary/aromatic N) is 1. The van der Waals surface area contributed by atoms with E-state index in [4.69, 9.17) is 9.15 Å². The third-order valence-corrected chi connectivity index (χ3v) is 4.51. The zero-order chi connectivity index (χ0) is 20.4. The summed E-state index contributed by atoms with van der Waals surface area (Å²) in [4.78, 5) is 37.5. The van der Waals surface area contributed by atoms with Gasteiger partial charge in [-0.2, -0.15) is 5.01 Å². The predicted octanol–water partition coefficient (Wildman–Crippen LogP) is 3.18. The lowest BCUT2D eigenvalue weighted by molar-refractivity contribution is -0.133. The fourth-order valence-electron chi connectivity index (χ4n) is 2.94. The average Bonchev–Trinajstić information content (AvgIpc) is 3.34. The van der Waals surface area contributed by atoms with Gasteiger partial charge in [-0.3, -0.25) is 15.0 Å². The summed E-state index contributed by atoms with van der Waals surface area (Å²) in [5, 5.41) is 3.19. The Labute approximate surface area is 166 Å². The van der Waals surface area contributed by atoms with Crippen molar-refractivity contribution in [3.8, 4) is 11.5 Å². The molecule has 29 heavy (non-hydrogen) atoms. The molecule has 1 saturated heterocycles. The van der Waals surface area contributed by atoms with E-state index in [1.165, 1.54) is 25.3 Å². The highest BCUT2D eigenvalue weighted by atomic mass is 16.5. The molecular weight excluding hydrogens is 374 g/mol. The molecule has 0 unspecified atom stereocenters. The second-order valence-electron chi connectivity index (χ2n) is 6.55. The summed E-state index contributed by atoms with van der Waals surface area (Å²) >= 11 is 0. The van der Waals surface area contributed by atoms with Gasteiger partial charge in [-0.05, 0) is 55.5 Å². The molecule has 146 valence electrons. The SMILES string of the molecule is C[C@]1(c2ccco2)NC(=O)N(NC(=O)c2ccc(Oc3ccccc3)cc2)C1=O. The number of para-hydroxylation sites is 1. The van der Waals surface area contributed by atoms with Gasteiger partial charge in [0.2, 0.25) is 0 Å². The van der Waals surface area contributed by atoms with Crippen LogP contribution in [0.3, 0.4) is 0 Å². The maximum absolute atomic E-state index is 12.7. The Kier molecular flexibility index (Phi) is 4.52. The van der Waals surface area contributed by atoms with E-state index in [0.29, 0.717) is 16.5 Å². The average molecular weight is 391 g/mol. The van der Waals surface area contributed by atoms with Crippen molar-refractivity contribution in [1.82, 2.24) is 15.8 Å². The van der Waals surface area contributed by atoms with Crippen molar-refractivity contribution < 1.29 is 23.5 Å². The van der Waals surface area contributed by atoms with Crippen molar-refractivity contribution in [1.29, 1.82) is 0 Å². The van der Waals surface area contributed by atoms with E-state index < -0.39 is 23.4 Å². The molecule has 1 aromatic heterocycles. The van der Waals surface area contributed by atoms with Crippen LogP contribution in [0.15, 0.2) is 77.4 Å². The molecular formula is C21H17N3O5. The lowest BCUT2D eigenvalue weighted by Crippen LogP contribution is -2.47. The lowest BCUT2D eigenvalue weighted by Gasteiger charge is -2.19. The topological polar surface area (TPSA) is 101 Å². The molecule has 0 bridgehead atoms. The summed E-state index contributed by atoms with van der Waals surface area (Å²) in [5.41, 5.74) is 1.21. The molecule has 8 heteroatoms. The summed E-state index contributed by atoms with van der Waals surface area (Å²) < 4.78 is 10.9. The number of benzene rings is 2. The Morgan fingerprint density at radius 2 is 1.69 bits per heavy atom. The van der Waals surface area contributed by atoms with Crippen LogP contribution in [0.4, 0.5) is 4.79 Å². The van der Waals surface area contributed by atoms with Gasteiger partial charge < -0.3 is 14.5 Å². The minimum Gasteiger partial charge on any atom is -0.466 e. The van der Waals surface area contributed by atoms with Gasteiger partial charge in [0.05, 0.1) is 6.26 Å². The summed E-state index contributed by atoms with van der Waals surface area (Å²) in [5.74, 6) is 0.239. The number of hydrogen-bond acceptors (Lipinski definition) is 5. The fourth-order valence-corrected chi connectivity index (χ4v) is 2.94. The Hall–Kier alpha value is -4.07. The zero-order valence-electron chi connectivity index (χ0n) is 15.4. The summed E-state index contributed by atoms with van der Waals surface area (Å²) in [6.45, 7) is 1.51. The molecule has 0 aliphatic carbocycles. The van der Waals surface area contributed by atoms with E-state index in [1.54, 1.807) is 24.3 Å². The lowest BCUT2D eigenvalue weighted by atomic mass is 10.00. The second-order valence-corrected chi connectivity index (χ2v) is 6.55. The van der Waals surface area contributed by atoms with Crippen LogP contribution < -0.4 is 15.5 Å². The van der Waals surface area contributed by atoms with E-state index in [-0.39, 0.29) is 11.3 Å². The number of furan rings is 1. The molecule has 2 heterocycles. The number of nitrogens with one attached hydrogen (secondary N) is 2. The van der Waals surface area contributed by atoms with E-state index in [2.05, 4.69) is 10.7 Å². The molecule has 0 radical (unpaired) electrons. The number of hydrogen-bond donors (Lipinski definition) is 2. The third kappa shape index (κ3) is 3.43. The van der Waals surface area contributed by atoms with Gasteiger partial charge in [-0.15, -0.1) is 0 Å². The van der Waals surface area contributed by atoms with E-state index in [1.807, 2.05) is 30.3 Å². The summed E-state index contributed by atoms with van der Waals surface area (Å²) in [7, 11) is 0. The van der Waals surface area contributed by atoms with Crippen LogP contribution in [0, 0.1) is 0 Å². The molecule has 1 aliphatic rings. The highest BCUT2D eigenvalue weighted by Crippen LogP contribution is 2.28. The van der Waals surface area contributed by atoms with Crippen LogP contribution in [0.1, 0.15) is 23.0 Å². The second kappa shape index (κ2) is 7.16. The van der Waals surface area contributed by atoms with Crippen LogP contribution in [0.2, 0.25) is 0 Å². The monoisotopic (exact) mass is 391 g/mol. The smallest absolute Gasteiger partial charge is 0.344 e. The first-order chi connectivity index (χ1) is 14.0. The predicted molar refractivity (Wildman–Crippen MR) is 102 cm³/mol. The minimum atomic E-state index is -1.39. The molecule has 4 amide bonds. The van der Waals surface area contributed by atoms with Crippen molar-refractivity contribution in [3.05, 3.63) is 84.3 Å². The first-order valence-electron chi connectivity index (χ1n) is 8.82. The van der Waals surface area contributed by atoms with Crippen molar-refractivity contribution in [2.45, 2.75) is 12.5 Å². The number of urea groups is 1. The molecule has 0 saturated carbocycles. The van der Waals surface area contributed by atoms with Gasteiger partial charge in [0.25, 0.3) is 11.8 Å². The van der Waals surface area contributed by atoms with Crippen LogP contribution in [-0.4, -0.2) is 22.9 Å². The summed E-state index contributed by atoms with van der Waals surface area (Å²) in [6.07, 6.45) is 1.40. The van der Waals surface area contributed by atoms with Gasteiger partial charge in [0.15, 0.2) is 5.54 Å². The minimum absolute atomic E-state index is 0.262. The number of imide groups is 1. The third-order valence-electron chi connectivity index (χ3n) is 4.51. The molecule has 3 aromatic rings. The Bertz CT molecular complexity index is 1050. The largest absolute Gasteiger partial charge is 0.466 e. The van der Waals surface area contributed by atoms with Crippen molar-refractivity contribution in [3.63, 3.8) is 0 Å². The van der Waals surface area contributed by atoms with Gasteiger partial charge in [-0.25, -0.2) is 4.79 Å². The maximum Gasteiger partial charge on any atom is 0.344 e. The van der Waals surface area contributed by atoms with Gasteiger partial charge in [-0.1, -0.05) is 18.2 Å². The van der Waals surface area contributed by atoms with E-state index in [0.717, 1.165) is 0 Å². The van der Waals surface area contributed by atoms with Crippen LogP contribution >= 0.6 is 0 Å². The number of carbonyl (C=O) groups excluding carboxylic acids is 3. The number of ether oxygens (including phenoxy) is 1. The number of hydrazine groups is 1. The maximum atomic E-state index is 12.7. The van der Waals surface area contributed by atoms with Crippen molar-refractivity contribution in [2.24, 2.45) is 0 Å². The van der Waals surface area contributed by atoms with Gasteiger partial charge >= 0.3 is 6.03 Å². The number of carbonyl (C=O) groups is 3. The molecule has 4 rings (SSSR count). The zero-order valence-corrected chi connectivity index (χ0v) is 15.4. The Morgan fingerprint density at radius 1 is 1.00 bits per heavy atom. The van der Waals surface area contributed by atoms with Crippen molar-refractivity contribution in [2.75, 3.05) is 0 Å².